The van der Waals surface area contributed by atoms with Crippen LogP contribution in [0.2, 0.25) is 0 Å². The summed E-state index contributed by atoms with van der Waals surface area (Å²) in [5.74, 6) is -1.37. The average Bonchev–Trinajstić information content (AvgIpc) is 3.96. The molecule has 2 aliphatic carbocycles. The first-order valence-electron chi connectivity index (χ1n) is 26.2. The topological polar surface area (TPSA) is 270 Å². The summed E-state index contributed by atoms with van der Waals surface area (Å²) in [5, 5.41) is -1.50. The molecule has 16 nitrogen and oxygen atoms in total. The largest absolute Gasteiger partial charge is 1.00 e. The van der Waals surface area contributed by atoms with Crippen molar-refractivity contribution in [3.63, 3.8) is 0 Å². The minimum absolute atomic E-state index is 0. The van der Waals surface area contributed by atoms with Gasteiger partial charge in [0.25, 0.3) is 10.1 Å². The second-order valence-electron chi connectivity index (χ2n) is 19.6. The van der Waals surface area contributed by atoms with Crippen LogP contribution in [0.1, 0.15) is 65.2 Å². The van der Waals surface area contributed by atoms with Crippen molar-refractivity contribution in [3.05, 3.63) is 206 Å². The molecule has 0 amide bonds. The van der Waals surface area contributed by atoms with Crippen molar-refractivity contribution in [1.82, 2.24) is 0 Å². The summed E-state index contributed by atoms with van der Waals surface area (Å²) in [6.07, 6.45) is 7.94. The van der Waals surface area contributed by atoms with E-state index < -0.39 is 83.8 Å². The van der Waals surface area contributed by atoms with Gasteiger partial charge in [-0.15, -0.1) is 0 Å². The van der Waals surface area contributed by atoms with Crippen molar-refractivity contribution < 1.29 is 120 Å². The van der Waals surface area contributed by atoms with E-state index in [9.17, 15) is 61.5 Å². The van der Waals surface area contributed by atoms with Crippen molar-refractivity contribution >= 4 is 64.1 Å². The Kier molecular flexibility index (Phi) is 32.6. The van der Waals surface area contributed by atoms with Crippen molar-refractivity contribution in [2.24, 2.45) is 0 Å². The van der Waals surface area contributed by atoms with Crippen molar-refractivity contribution in [2.75, 3.05) is 32.7 Å². The summed E-state index contributed by atoms with van der Waals surface area (Å²) in [5.41, 5.74) is -1.24. The molecule has 0 bridgehead atoms. The number of benzene rings is 6. The Morgan fingerprint density at radius 1 is 0.506 bits per heavy atom. The van der Waals surface area contributed by atoms with Crippen molar-refractivity contribution in [3.8, 4) is 0 Å². The third-order valence-corrected chi connectivity index (χ3v) is 19.1. The van der Waals surface area contributed by atoms with Crippen molar-refractivity contribution in [1.29, 1.82) is 0 Å². The van der Waals surface area contributed by atoms with Gasteiger partial charge in [-0.2, -0.15) is 26.0 Å². The molecular formula is C61H69F4NaO16S5. The maximum Gasteiger partial charge on any atom is 1.00 e. The monoisotopic (exact) mass is 1320 g/mol. The van der Waals surface area contributed by atoms with E-state index in [0.717, 1.165) is 44.8 Å². The summed E-state index contributed by atoms with van der Waals surface area (Å²) < 4.78 is 148. The maximum atomic E-state index is 12.8. The van der Waals surface area contributed by atoms with E-state index in [1.807, 2.05) is 6.92 Å². The number of aliphatic hydroxyl groups is 1. The molecule has 0 atom stereocenters. The van der Waals surface area contributed by atoms with E-state index in [1.54, 1.807) is 6.92 Å². The zero-order valence-corrected chi connectivity index (χ0v) is 54.5. The van der Waals surface area contributed by atoms with Crippen LogP contribution in [0.5, 0.6) is 0 Å². The molecule has 0 aromatic heterocycles. The van der Waals surface area contributed by atoms with Gasteiger partial charge in [-0.1, -0.05) is 122 Å². The Morgan fingerprint density at radius 3 is 0.954 bits per heavy atom. The summed E-state index contributed by atoms with van der Waals surface area (Å²) >= 11 is 0. The molecule has 468 valence electrons. The number of halogens is 4. The molecule has 87 heavy (non-hydrogen) atoms. The summed E-state index contributed by atoms with van der Waals surface area (Å²) in [7, 11) is -15.1. The van der Waals surface area contributed by atoms with Crippen LogP contribution in [-0.2, 0) is 80.1 Å². The van der Waals surface area contributed by atoms with Crippen LogP contribution in [0.4, 0.5) is 17.6 Å². The first-order chi connectivity index (χ1) is 39.9. The van der Waals surface area contributed by atoms with Crippen LogP contribution in [0.3, 0.4) is 0 Å². The van der Waals surface area contributed by atoms with Crippen LogP contribution < -0.4 is 29.6 Å². The number of alkyl halides is 4. The fraction of sp³-hybridized carbons (Fsp3) is 0.311. The van der Waals surface area contributed by atoms with Crippen LogP contribution in [0.15, 0.2) is 236 Å². The first-order valence-corrected chi connectivity index (χ1v) is 33.3. The first kappa shape index (κ1) is 77.9. The minimum atomic E-state index is -5.80. The van der Waals surface area contributed by atoms with E-state index in [0.29, 0.717) is 12.8 Å². The molecule has 0 unspecified atom stereocenters. The van der Waals surface area contributed by atoms with Gasteiger partial charge in [-0.25, -0.2) is 26.4 Å². The van der Waals surface area contributed by atoms with E-state index >= 15 is 0 Å². The fourth-order valence-corrected chi connectivity index (χ4v) is 12.9. The van der Waals surface area contributed by atoms with Gasteiger partial charge in [0.05, 0.1) is 52.4 Å². The molecule has 6 aromatic carbocycles. The molecule has 2 saturated carbocycles. The standard InChI is InChI=1S/2C18H15S.C12H18F2O6S.C11H18O5S.C2H4F2O4S.Na.H2O/c2*1-4-10-16(11-5-1)19(17-12-6-2-7-13-17)18-14-8-3-9-15-18;1-9(7-19-8-12(13,14)21(16,17)18)10(15)20-11(2)5-3-4-6-11;1-9(8-15-17(3,13)14)10(12)16-11(2)6-4-5-7-11;3-2(4,1-5)9(6,7)8;;/h2*1-15H;1,3-8H2,2H3,(H,16,17,18);1,4-8H2,2-3H3;5H,1H2,(H,6,7,8);;1H2/q2*+1;;;;+1;/p-3. The minimum Gasteiger partial charge on any atom is -0.870 e. The smallest absolute Gasteiger partial charge is 0.870 e. The van der Waals surface area contributed by atoms with Gasteiger partial charge >= 0.3 is 52.0 Å². The Labute approximate surface area is 535 Å². The number of ether oxygens (including phenoxy) is 3. The average molecular weight is 1320 g/mol. The molecular weight excluding hydrogens is 1250 g/mol. The van der Waals surface area contributed by atoms with Crippen LogP contribution >= 0.6 is 0 Å². The predicted molar refractivity (Wildman–Crippen MR) is 317 cm³/mol. The third kappa shape index (κ3) is 26.8. The molecule has 0 saturated heterocycles. The quantitative estimate of drug-likeness (QED) is 0.0143. The van der Waals surface area contributed by atoms with Crippen LogP contribution in [0, 0.1) is 0 Å². The van der Waals surface area contributed by atoms with E-state index in [4.69, 9.17) is 14.6 Å². The molecule has 8 rings (SSSR count). The summed E-state index contributed by atoms with van der Waals surface area (Å²) in [4.78, 5) is 31.5. The number of aliphatic hydroxyl groups excluding tert-OH is 1. The summed E-state index contributed by atoms with van der Waals surface area (Å²) in [6.45, 7) is 5.85. The van der Waals surface area contributed by atoms with Crippen LogP contribution in [0.25, 0.3) is 0 Å². The molecule has 2 N–H and O–H groups in total. The fourth-order valence-electron chi connectivity index (χ4n) is 7.94. The van der Waals surface area contributed by atoms with Crippen molar-refractivity contribution in [2.45, 2.75) is 116 Å². The van der Waals surface area contributed by atoms with E-state index in [2.05, 4.69) is 204 Å². The predicted octanol–water partition coefficient (Wildman–Crippen LogP) is 8.48. The van der Waals surface area contributed by atoms with Gasteiger partial charge in [0.2, 0.25) is 0 Å². The second kappa shape index (κ2) is 36.4. The van der Waals surface area contributed by atoms with Gasteiger partial charge in [0, 0.05) is 0 Å². The Morgan fingerprint density at radius 2 is 0.747 bits per heavy atom. The molecule has 2 aliphatic rings. The SMILES string of the molecule is C=C(COCC(F)(F)S(=O)(=O)[O-])C(=O)OC1(C)CCCC1.C=C(COS(C)(=O)=O)C(=O)OC1(C)CCCC1.O=S(=O)([O-])C(F)(F)CO.[Na+].[OH-].c1ccc([S+](c2ccccc2)c2ccccc2)cc1.c1ccc([S+](c2ccccc2)c2ccccc2)cc1. The summed E-state index contributed by atoms with van der Waals surface area (Å²) in [6, 6.07) is 64.3. The normalized spacial score (nSPS) is 14.2. The molecule has 0 spiro atoms. The molecule has 0 heterocycles. The molecule has 2 fully saturated rings. The van der Waals surface area contributed by atoms with Gasteiger partial charge in [0.1, 0.15) is 24.4 Å². The van der Waals surface area contributed by atoms with Crippen LogP contribution in [-0.4, -0.2) is 111 Å². The zero-order chi connectivity index (χ0) is 63.0. The Hall–Kier alpha value is -5.23. The zero-order valence-electron chi connectivity index (χ0n) is 48.4. The van der Waals surface area contributed by atoms with E-state index in [1.165, 1.54) is 29.4 Å². The van der Waals surface area contributed by atoms with Gasteiger partial charge in [-0.05, 0) is 138 Å². The maximum absolute atomic E-state index is 12.8. The number of carbonyl (C=O) groups excluding carboxylic acids is 2. The Bertz CT molecular complexity index is 3080. The molecule has 6 aromatic rings. The van der Waals surface area contributed by atoms with Gasteiger partial charge in [-0.3, -0.25) is 4.18 Å². The van der Waals surface area contributed by atoms with E-state index in [-0.39, 0.29) is 74.6 Å². The number of hydrogen-bond acceptors (Lipinski definition) is 16. The van der Waals surface area contributed by atoms with Gasteiger partial charge < -0.3 is 33.9 Å². The third-order valence-electron chi connectivity index (χ3n) is 12.4. The Balaban J connectivity index is 0.000000376. The second-order valence-corrected chi connectivity index (χ2v) is 28.3. The number of hydrogen-bond donors (Lipinski definition) is 1. The molecule has 0 radical (unpaired) electrons. The number of rotatable bonds is 20. The number of esters is 2. The van der Waals surface area contributed by atoms with Gasteiger partial charge in [0.15, 0.2) is 49.6 Å². The molecule has 26 heteroatoms. The molecule has 0 aliphatic heterocycles. The number of carbonyl (C=O) groups is 2.